The van der Waals surface area contributed by atoms with Crippen LogP contribution in [0.2, 0.25) is 0 Å². The number of hydrogen-bond acceptors (Lipinski definition) is 5. The highest BCUT2D eigenvalue weighted by atomic mass is 19.4. The molecule has 2 aromatic rings. The summed E-state index contributed by atoms with van der Waals surface area (Å²) in [5, 5.41) is 13.8. The molecule has 1 N–H and O–H groups in total. The Bertz CT molecular complexity index is 794. The van der Waals surface area contributed by atoms with Gasteiger partial charge in [0.2, 0.25) is 0 Å². The summed E-state index contributed by atoms with van der Waals surface area (Å²) in [4.78, 5) is 16.1. The van der Waals surface area contributed by atoms with E-state index in [1.54, 1.807) is 32.0 Å². The van der Waals surface area contributed by atoms with Crippen LogP contribution < -0.4 is 5.32 Å². The van der Waals surface area contributed by atoms with Gasteiger partial charge in [-0.15, -0.1) is 0 Å². The first-order valence-electron chi connectivity index (χ1n) is 7.78. The van der Waals surface area contributed by atoms with Crippen LogP contribution in [0.4, 0.5) is 24.7 Å². The van der Waals surface area contributed by atoms with E-state index in [2.05, 4.69) is 10.3 Å². The summed E-state index contributed by atoms with van der Waals surface area (Å²) < 4.78 is 38.8. The third-order valence-electron chi connectivity index (χ3n) is 3.96. The summed E-state index contributed by atoms with van der Waals surface area (Å²) in [6.07, 6.45) is -3.26. The maximum atomic E-state index is 12.9. The van der Waals surface area contributed by atoms with Gasteiger partial charge in [0, 0.05) is 12.6 Å². The fourth-order valence-electron chi connectivity index (χ4n) is 2.56. The normalized spacial score (nSPS) is 12.9. The Labute approximate surface area is 148 Å². The maximum absolute atomic E-state index is 12.9. The number of benzene rings is 1. The summed E-state index contributed by atoms with van der Waals surface area (Å²) in [7, 11) is 3.53. The number of aryl methyl sites for hydroxylation is 1. The average molecular weight is 368 g/mol. The van der Waals surface area contributed by atoms with Crippen molar-refractivity contribution in [3.63, 3.8) is 0 Å². The van der Waals surface area contributed by atoms with E-state index in [0.29, 0.717) is 23.5 Å². The van der Waals surface area contributed by atoms with Gasteiger partial charge in [-0.1, -0.05) is 12.1 Å². The molecule has 6 nitrogen and oxygen atoms in total. The Morgan fingerprint density at radius 1 is 1.31 bits per heavy atom. The Kier molecular flexibility index (Phi) is 5.81. The van der Waals surface area contributed by atoms with Crippen molar-refractivity contribution in [2.24, 2.45) is 0 Å². The van der Waals surface area contributed by atoms with Crippen molar-refractivity contribution in [1.29, 1.82) is 0 Å². The second kappa shape index (κ2) is 7.69. The van der Waals surface area contributed by atoms with Crippen LogP contribution in [0.15, 0.2) is 36.5 Å². The Morgan fingerprint density at radius 2 is 2.00 bits per heavy atom. The van der Waals surface area contributed by atoms with E-state index in [1.807, 2.05) is 0 Å². The molecule has 2 rings (SSSR count). The predicted molar refractivity (Wildman–Crippen MR) is 92.0 cm³/mol. The number of likely N-dealkylation sites (N-methyl/N-ethyl adjacent to an activating group) is 1. The first-order chi connectivity index (χ1) is 12.1. The molecule has 0 radical (unpaired) electrons. The van der Waals surface area contributed by atoms with Gasteiger partial charge in [0.1, 0.15) is 12.0 Å². The first kappa shape index (κ1) is 19.6. The Hall–Kier alpha value is -2.68. The maximum Gasteiger partial charge on any atom is 0.416 e. The van der Waals surface area contributed by atoms with Crippen LogP contribution in [0.25, 0.3) is 0 Å². The summed E-state index contributed by atoms with van der Waals surface area (Å²) >= 11 is 0. The molecule has 140 valence electrons. The molecule has 26 heavy (non-hydrogen) atoms. The molecule has 0 aliphatic heterocycles. The molecule has 0 aliphatic rings. The smallest absolute Gasteiger partial charge is 0.368 e. The van der Waals surface area contributed by atoms with Crippen LogP contribution in [0.3, 0.4) is 0 Å². The molecular weight excluding hydrogens is 349 g/mol. The number of aromatic nitrogens is 1. The number of nitrogens with zero attached hydrogens (tertiary/aromatic N) is 3. The monoisotopic (exact) mass is 368 g/mol. The third-order valence-corrected chi connectivity index (χ3v) is 3.96. The summed E-state index contributed by atoms with van der Waals surface area (Å²) in [6.45, 7) is 1.97. The van der Waals surface area contributed by atoms with E-state index >= 15 is 0 Å². The standard InChI is InChI=1S/C17H19F3N4O2/c1-11-7-14(24(25)26)9-21-16(11)22-10-15(23(2)3)12-5-4-6-13(8-12)17(18,19)20/h4-9,15H,10H2,1-3H3,(H,21,22). The minimum Gasteiger partial charge on any atom is -0.368 e. The number of nitrogens with one attached hydrogen (secondary N) is 1. The zero-order valence-electron chi connectivity index (χ0n) is 14.5. The highest BCUT2D eigenvalue weighted by Gasteiger charge is 2.31. The molecule has 0 spiro atoms. The van der Waals surface area contributed by atoms with Gasteiger partial charge in [-0.25, -0.2) is 4.98 Å². The molecule has 0 aliphatic carbocycles. The van der Waals surface area contributed by atoms with Crippen molar-refractivity contribution < 1.29 is 18.1 Å². The van der Waals surface area contributed by atoms with Crippen molar-refractivity contribution in [2.75, 3.05) is 26.0 Å². The van der Waals surface area contributed by atoms with E-state index in [9.17, 15) is 23.3 Å². The fourth-order valence-corrected chi connectivity index (χ4v) is 2.56. The Morgan fingerprint density at radius 3 is 2.54 bits per heavy atom. The molecule has 1 atom stereocenters. The van der Waals surface area contributed by atoms with Crippen LogP contribution in [0.1, 0.15) is 22.7 Å². The van der Waals surface area contributed by atoms with Gasteiger partial charge in [0.25, 0.3) is 5.69 Å². The topological polar surface area (TPSA) is 71.3 Å². The van der Waals surface area contributed by atoms with Gasteiger partial charge in [-0.05, 0) is 44.3 Å². The second-order valence-corrected chi connectivity index (χ2v) is 6.10. The van der Waals surface area contributed by atoms with Crippen molar-refractivity contribution in [3.8, 4) is 0 Å². The number of nitro groups is 1. The minimum absolute atomic E-state index is 0.116. The van der Waals surface area contributed by atoms with E-state index in [0.717, 1.165) is 18.3 Å². The van der Waals surface area contributed by atoms with Crippen LogP contribution >= 0.6 is 0 Å². The summed E-state index contributed by atoms with van der Waals surface area (Å²) in [6, 6.07) is 6.23. The van der Waals surface area contributed by atoms with Gasteiger partial charge in [0.15, 0.2) is 0 Å². The summed E-state index contributed by atoms with van der Waals surface area (Å²) in [5.74, 6) is 0.453. The predicted octanol–water partition coefficient (Wildman–Crippen LogP) is 4.03. The molecule has 0 saturated carbocycles. The van der Waals surface area contributed by atoms with E-state index in [1.165, 1.54) is 12.1 Å². The molecule has 0 amide bonds. The molecular formula is C17H19F3N4O2. The third kappa shape index (κ3) is 4.69. The lowest BCUT2D eigenvalue weighted by molar-refractivity contribution is -0.385. The van der Waals surface area contributed by atoms with Crippen molar-refractivity contribution >= 4 is 11.5 Å². The number of rotatable bonds is 6. The number of alkyl halides is 3. The van der Waals surface area contributed by atoms with E-state index < -0.39 is 16.7 Å². The minimum atomic E-state index is -4.41. The number of anilines is 1. The quantitative estimate of drug-likeness (QED) is 0.616. The SMILES string of the molecule is Cc1cc([N+](=O)[O-])cnc1NCC(c1cccc(C(F)(F)F)c1)N(C)C. The number of pyridine rings is 1. The zero-order valence-corrected chi connectivity index (χ0v) is 14.5. The molecule has 1 heterocycles. The lowest BCUT2D eigenvalue weighted by atomic mass is 10.0. The average Bonchev–Trinajstić information content (AvgIpc) is 2.55. The van der Waals surface area contributed by atoms with Gasteiger partial charge in [0.05, 0.1) is 16.5 Å². The molecule has 9 heteroatoms. The molecule has 1 aromatic carbocycles. The molecule has 1 aromatic heterocycles. The van der Waals surface area contributed by atoms with Gasteiger partial charge in [-0.3, -0.25) is 10.1 Å². The molecule has 0 bridgehead atoms. The van der Waals surface area contributed by atoms with E-state index in [4.69, 9.17) is 0 Å². The van der Waals surface area contributed by atoms with Crippen LogP contribution in [-0.2, 0) is 6.18 Å². The van der Waals surface area contributed by atoms with Gasteiger partial charge < -0.3 is 10.2 Å². The number of halogens is 3. The van der Waals surface area contributed by atoms with Gasteiger partial charge >= 0.3 is 6.18 Å². The van der Waals surface area contributed by atoms with Crippen molar-refractivity contribution in [2.45, 2.75) is 19.1 Å². The lowest BCUT2D eigenvalue weighted by Gasteiger charge is -2.26. The van der Waals surface area contributed by atoms with Crippen LogP contribution in [0.5, 0.6) is 0 Å². The molecule has 0 saturated heterocycles. The van der Waals surface area contributed by atoms with E-state index in [-0.39, 0.29) is 11.7 Å². The second-order valence-electron chi connectivity index (χ2n) is 6.10. The van der Waals surface area contributed by atoms with Crippen LogP contribution in [-0.4, -0.2) is 35.4 Å². The lowest BCUT2D eigenvalue weighted by Crippen LogP contribution is -2.27. The number of hydrogen-bond donors (Lipinski definition) is 1. The summed E-state index contributed by atoms with van der Waals surface area (Å²) in [5.41, 5.74) is 0.277. The van der Waals surface area contributed by atoms with Crippen molar-refractivity contribution in [3.05, 3.63) is 63.3 Å². The highest BCUT2D eigenvalue weighted by Crippen LogP contribution is 2.31. The zero-order chi connectivity index (χ0) is 19.5. The largest absolute Gasteiger partial charge is 0.416 e. The van der Waals surface area contributed by atoms with Gasteiger partial charge in [-0.2, -0.15) is 13.2 Å². The fraction of sp³-hybridized carbons (Fsp3) is 0.353. The Balaban J connectivity index is 2.21. The first-order valence-corrected chi connectivity index (χ1v) is 7.78. The van der Waals surface area contributed by atoms with Crippen molar-refractivity contribution in [1.82, 2.24) is 9.88 Å². The highest BCUT2D eigenvalue weighted by molar-refractivity contribution is 5.48. The van der Waals surface area contributed by atoms with Crippen LogP contribution in [0, 0.1) is 17.0 Å². The molecule has 0 fully saturated rings. The molecule has 1 unspecified atom stereocenters.